The van der Waals surface area contributed by atoms with Gasteiger partial charge in [0.15, 0.2) is 0 Å². The highest BCUT2D eigenvalue weighted by molar-refractivity contribution is 5.99. The molecule has 3 aromatic carbocycles. The van der Waals surface area contributed by atoms with Gasteiger partial charge in [-0.2, -0.15) is 0 Å². The Bertz CT molecular complexity index is 1510. The lowest BCUT2D eigenvalue weighted by atomic mass is 10.0. The van der Waals surface area contributed by atoms with Gasteiger partial charge in [0.25, 0.3) is 0 Å². The fraction of sp³-hybridized carbons (Fsp3) is 0.361. The quantitative estimate of drug-likeness (QED) is 0.258. The van der Waals surface area contributed by atoms with Crippen molar-refractivity contribution in [3.8, 4) is 0 Å². The van der Waals surface area contributed by atoms with E-state index in [-0.39, 0.29) is 18.4 Å². The number of carbonyl (C=O) groups is 5. The standard InChI is InChI=1S/C36H41N3O7/c1-36(2,3)46-35(44)39-22-14-21-29(39)32(41)38(4)30(24-26-17-10-6-11-18-26)31(40)37-28(23-25-15-8-5-9-16-25)34(43)45-33(42)27-19-12-7-13-20-27/h5-13,15-20,28-30H,14,21-24H2,1-4H3,(H,37,40)/t28-,29-,30-/m0/s1. The summed E-state index contributed by atoms with van der Waals surface area (Å²) in [5.41, 5.74) is 0.984. The van der Waals surface area contributed by atoms with Crippen molar-refractivity contribution in [3.63, 3.8) is 0 Å². The van der Waals surface area contributed by atoms with Gasteiger partial charge in [-0.25, -0.2) is 14.4 Å². The maximum Gasteiger partial charge on any atom is 0.410 e. The monoisotopic (exact) mass is 627 g/mol. The van der Waals surface area contributed by atoms with Gasteiger partial charge in [0.2, 0.25) is 11.8 Å². The number of hydrogen-bond donors (Lipinski definition) is 1. The molecule has 3 atom stereocenters. The summed E-state index contributed by atoms with van der Waals surface area (Å²) in [5, 5.41) is 2.77. The van der Waals surface area contributed by atoms with Crippen molar-refractivity contribution in [2.24, 2.45) is 0 Å². The molecule has 4 rings (SSSR count). The molecule has 0 radical (unpaired) electrons. The number of nitrogens with zero attached hydrogens (tertiary/aromatic N) is 2. The molecule has 10 heteroatoms. The lowest BCUT2D eigenvalue weighted by molar-refractivity contribution is -0.145. The summed E-state index contributed by atoms with van der Waals surface area (Å²) < 4.78 is 10.8. The molecule has 0 bridgehead atoms. The Kier molecular flexibility index (Phi) is 11.3. The fourth-order valence-electron chi connectivity index (χ4n) is 5.30. The molecular formula is C36H41N3O7. The van der Waals surface area contributed by atoms with Crippen molar-refractivity contribution < 1.29 is 33.4 Å². The number of benzene rings is 3. The second kappa shape index (κ2) is 15.3. The van der Waals surface area contributed by atoms with Gasteiger partial charge >= 0.3 is 18.0 Å². The van der Waals surface area contributed by atoms with Crippen molar-refractivity contribution in [1.82, 2.24) is 15.1 Å². The Morgan fingerprint density at radius 2 is 1.39 bits per heavy atom. The van der Waals surface area contributed by atoms with E-state index in [0.29, 0.717) is 19.4 Å². The minimum Gasteiger partial charge on any atom is -0.444 e. The molecular weight excluding hydrogens is 586 g/mol. The highest BCUT2D eigenvalue weighted by Crippen LogP contribution is 2.24. The maximum atomic E-state index is 14.1. The van der Waals surface area contributed by atoms with Gasteiger partial charge in [0.1, 0.15) is 23.7 Å². The number of nitrogens with one attached hydrogen (secondary N) is 1. The summed E-state index contributed by atoms with van der Waals surface area (Å²) in [7, 11) is 1.52. The van der Waals surface area contributed by atoms with E-state index < -0.39 is 53.6 Å². The molecule has 1 aliphatic heterocycles. The largest absolute Gasteiger partial charge is 0.444 e. The van der Waals surface area contributed by atoms with Crippen LogP contribution >= 0.6 is 0 Å². The molecule has 46 heavy (non-hydrogen) atoms. The normalized spacial score (nSPS) is 15.7. The molecule has 3 amide bonds. The van der Waals surface area contributed by atoms with Crippen molar-refractivity contribution in [2.45, 2.75) is 70.2 Å². The van der Waals surface area contributed by atoms with Crippen LogP contribution in [0.1, 0.15) is 55.1 Å². The van der Waals surface area contributed by atoms with E-state index in [2.05, 4.69) is 5.32 Å². The van der Waals surface area contributed by atoms with Crippen LogP contribution in [-0.2, 0) is 36.7 Å². The first kappa shape index (κ1) is 33.9. The van der Waals surface area contributed by atoms with Gasteiger partial charge < -0.3 is 19.7 Å². The second-order valence-corrected chi connectivity index (χ2v) is 12.3. The van der Waals surface area contributed by atoms with Crippen LogP contribution in [0.5, 0.6) is 0 Å². The number of amides is 3. The number of likely N-dealkylation sites (N-methyl/N-ethyl adjacent to an activating group) is 1. The van der Waals surface area contributed by atoms with Crippen LogP contribution in [0.25, 0.3) is 0 Å². The van der Waals surface area contributed by atoms with Crippen LogP contribution in [0.4, 0.5) is 4.79 Å². The zero-order valence-corrected chi connectivity index (χ0v) is 26.7. The highest BCUT2D eigenvalue weighted by Gasteiger charge is 2.41. The van der Waals surface area contributed by atoms with Gasteiger partial charge in [-0.05, 0) is 56.9 Å². The Morgan fingerprint density at radius 1 is 0.848 bits per heavy atom. The van der Waals surface area contributed by atoms with Crippen LogP contribution in [-0.4, -0.2) is 77.0 Å². The SMILES string of the molecule is CN(C(=O)[C@@H]1CCCN1C(=O)OC(C)(C)C)[C@@H](Cc1ccccc1)C(=O)N[C@@H](Cc1ccccc1)C(=O)OC(=O)c1ccccc1. The van der Waals surface area contributed by atoms with Crippen LogP contribution in [0.15, 0.2) is 91.0 Å². The van der Waals surface area contributed by atoms with Gasteiger partial charge in [0.05, 0.1) is 5.56 Å². The summed E-state index contributed by atoms with van der Waals surface area (Å²) in [4.78, 5) is 69.8. The first-order valence-electron chi connectivity index (χ1n) is 15.4. The van der Waals surface area contributed by atoms with Gasteiger partial charge in [0, 0.05) is 26.4 Å². The summed E-state index contributed by atoms with van der Waals surface area (Å²) in [6, 6.07) is 23.2. The van der Waals surface area contributed by atoms with E-state index in [0.717, 1.165) is 11.1 Å². The smallest absolute Gasteiger partial charge is 0.410 e. The van der Waals surface area contributed by atoms with Crippen molar-refractivity contribution >= 4 is 29.8 Å². The van der Waals surface area contributed by atoms with Crippen molar-refractivity contribution in [1.29, 1.82) is 0 Å². The molecule has 1 N–H and O–H groups in total. The Morgan fingerprint density at radius 3 is 1.96 bits per heavy atom. The first-order valence-corrected chi connectivity index (χ1v) is 15.4. The Balaban J connectivity index is 1.58. The zero-order chi connectivity index (χ0) is 33.3. The number of ether oxygens (including phenoxy) is 2. The number of rotatable bonds is 10. The topological polar surface area (TPSA) is 122 Å². The third-order valence-electron chi connectivity index (χ3n) is 7.64. The molecule has 0 unspecified atom stereocenters. The summed E-state index contributed by atoms with van der Waals surface area (Å²) in [6.45, 7) is 5.63. The average Bonchev–Trinajstić information content (AvgIpc) is 3.54. The molecule has 1 fully saturated rings. The Hall–Kier alpha value is -4.99. The predicted molar refractivity (Wildman–Crippen MR) is 172 cm³/mol. The van der Waals surface area contributed by atoms with E-state index in [9.17, 15) is 24.0 Å². The number of carbonyl (C=O) groups excluding carboxylic acids is 5. The summed E-state index contributed by atoms with van der Waals surface area (Å²) in [6.07, 6.45) is 0.642. The van der Waals surface area contributed by atoms with Gasteiger partial charge in [-0.1, -0.05) is 78.9 Å². The minimum atomic E-state index is -1.23. The highest BCUT2D eigenvalue weighted by atomic mass is 16.6. The van der Waals surface area contributed by atoms with Crippen molar-refractivity contribution in [2.75, 3.05) is 13.6 Å². The maximum absolute atomic E-state index is 14.1. The van der Waals surface area contributed by atoms with E-state index in [1.807, 2.05) is 36.4 Å². The summed E-state index contributed by atoms with van der Waals surface area (Å²) in [5.74, 6) is -2.78. The van der Waals surface area contributed by atoms with Gasteiger partial charge in [-0.3, -0.25) is 14.5 Å². The van der Waals surface area contributed by atoms with Crippen LogP contribution in [0.3, 0.4) is 0 Å². The molecule has 3 aromatic rings. The van der Waals surface area contributed by atoms with Crippen LogP contribution in [0, 0.1) is 0 Å². The Labute approximate surface area is 269 Å². The molecule has 242 valence electrons. The molecule has 0 aromatic heterocycles. The van der Waals surface area contributed by atoms with E-state index >= 15 is 0 Å². The fourth-order valence-corrected chi connectivity index (χ4v) is 5.30. The van der Waals surface area contributed by atoms with Gasteiger partial charge in [-0.15, -0.1) is 0 Å². The van der Waals surface area contributed by atoms with Crippen molar-refractivity contribution in [3.05, 3.63) is 108 Å². The lowest BCUT2D eigenvalue weighted by Crippen LogP contribution is -2.57. The second-order valence-electron chi connectivity index (χ2n) is 12.3. The molecule has 1 aliphatic rings. The molecule has 0 saturated carbocycles. The number of likely N-dealkylation sites (tertiary alicyclic amines) is 1. The lowest BCUT2D eigenvalue weighted by Gasteiger charge is -2.34. The predicted octanol–water partition coefficient (Wildman–Crippen LogP) is 4.57. The zero-order valence-electron chi connectivity index (χ0n) is 26.7. The first-order chi connectivity index (χ1) is 21.9. The molecule has 1 heterocycles. The molecule has 0 spiro atoms. The number of hydrogen-bond acceptors (Lipinski definition) is 7. The van der Waals surface area contributed by atoms with E-state index in [1.165, 1.54) is 29.0 Å². The van der Waals surface area contributed by atoms with Crippen LogP contribution < -0.4 is 5.32 Å². The molecule has 1 saturated heterocycles. The van der Waals surface area contributed by atoms with E-state index in [1.54, 1.807) is 63.2 Å². The molecule has 0 aliphatic carbocycles. The third kappa shape index (κ3) is 9.26. The van der Waals surface area contributed by atoms with E-state index in [4.69, 9.17) is 9.47 Å². The average molecular weight is 628 g/mol. The molecule has 10 nitrogen and oxygen atoms in total. The minimum absolute atomic E-state index is 0.0538. The number of esters is 2. The van der Waals surface area contributed by atoms with Crippen LogP contribution in [0.2, 0.25) is 0 Å². The third-order valence-corrected chi connectivity index (χ3v) is 7.64. The summed E-state index contributed by atoms with van der Waals surface area (Å²) >= 11 is 0.